The first-order valence-corrected chi connectivity index (χ1v) is 18.5. The number of halogens is 3. The van der Waals surface area contributed by atoms with Crippen molar-refractivity contribution in [1.82, 2.24) is 5.32 Å². The number of anilines is 2. The molecule has 9 nitrogen and oxygen atoms in total. The van der Waals surface area contributed by atoms with E-state index in [1.807, 2.05) is 18.2 Å². The van der Waals surface area contributed by atoms with Crippen LogP contribution < -0.4 is 20.3 Å². The number of methoxy groups -OCH3 is 1. The first kappa shape index (κ1) is 37.9. The van der Waals surface area contributed by atoms with Gasteiger partial charge in [-0.15, -0.1) is 0 Å². The fourth-order valence-corrected chi connectivity index (χ4v) is 9.38. The number of ether oxygens (including phenoxy) is 1. The fraction of sp³-hybridized carbons (Fsp3) is 0.475. The molecule has 5 atom stereocenters. The van der Waals surface area contributed by atoms with Crippen molar-refractivity contribution in [3.8, 4) is 5.75 Å². The summed E-state index contributed by atoms with van der Waals surface area (Å²) in [7, 11) is 1.40. The van der Waals surface area contributed by atoms with E-state index in [0.29, 0.717) is 36.4 Å². The molecule has 2 aliphatic heterocycles. The highest BCUT2D eigenvalue weighted by Gasteiger charge is 2.63. The standard InChI is InChI=1S/C40H46Cl2FN3O6/c1-21(22-9-11-23(12-10-22)37(48)49)46-20-40(27-15-14-25(41)18-30(27)46)32(19-39(2,3)4)45-35(33(40)26-7-6-8-28(42)34(26)43)36(47)44-29-16-13-24(38(50)51)17-31(29)52-5/h6-8,13-18,21-23,32-33,35,45H,9-12,19-20H2,1-5H3,(H,44,47)(H,48,49)(H,50,51)/t21-,22-,23-,32?,33+,35-,40+/m1/s1. The number of carbonyl (C=O) groups is 3. The minimum absolute atomic E-state index is 0.00336. The van der Waals surface area contributed by atoms with Gasteiger partial charge >= 0.3 is 11.9 Å². The molecule has 0 radical (unpaired) electrons. The lowest BCUT2D eigenvalue weighted by molar-refractivity contribution is -0.143. The quantitative estimate of drug-likeness (QED) is 0.172. The fourth-order valence-electron chi connectivity index (χ4n) is 9.03. The molecule has 2 heterocycles. The third-order valence-electron chi connectivity index (χ3n) is 11.5. The number of aromatic carboxylic acids is 1. The van der Waals surface area contributed by atoms with Gasteiger partial charge in [0.05, 0.1) is 35.3 Å². The average molecular weight is 755 g/mol. The molecule has 0 bridgehead atoms. The second-order valence-electron chi connectivity index (χ2n) is 15.8. The van der Waals surface area contributed by atoms with Crippen molar-refractivity contribution in [2.45, 2.75) is 89.3 Å². The summed E-state index contributed by atoms with van der Waals surface area (Å²) < 4.78 is 22.0. The monoisotopic (exact) mass is 753 g/mol. The highest BCUT2D eigenvalue weighted by Crippen LogP contribution is 2.59. The maximum Gasteiger partial charge on any atom is 0.335 e. The van der Waals surface area contributed by atoms with Gasteiger partial charge < -0.3 is 30.5 Å². The van der Waals surface area contributed by atoms with Crippen molar-refractivity contribution >= 4 is 52.4 Å². The molecule has 1 amide bonds. The number of carbonyl (C=O) groups excluding carboxylic acids is 1. The van der Waals surface area contributed by atoms with Crippen LogP contribution in [0.4, 0.5) is 15.8 Å². The molecule has 52 heavy (non-hydrogen) atoms. The smallest absolute Gasteiger partial charge is 0.335 e. The number of nitrogens with one attached hydrogen (secondary N) is 2. The zero-order valence-corrected chi connectivity index (χ0v) is 31.5. The summed E-state index contributed by atoms with van der Waals surface area (Å²) in [5, 5.41) is 26.4. The van der Waals surface area contributed by atoms with Crippen molar-refractivity contribution in [2.24, 2.45) is 17.3 Å². The Balaban J connectivity index is 1.50. The molecule has 1 spiro atoms. The van der Waals surface area contributed by atoms with Crippen LogP contribution in [0.5, 0.6) is 5.75 Å². The van der Waals surface area contributed by atoms with E-state index < -0.39 is 41.0 Å². The van der Waals surface area contributed by atoms with Gasteiger partial charge in [0.2, 0.25) is 5.91 Å². The van der Waals surface area contributed by atoms with Gasteiger partial charge in [0.15, 0.2) is 0 Å². The molecule has 3 aromatic rings. The molecular formula is C40H46Cl2FN3O6. The van der Waals surface area contributed by atoms with Crippen molar-refractivity contribution in [3.63, 3.8) is 0 Å². The zero-order valence-electron chi connectivity index (χ0n) is 30.0. The SMILES string of the molecule is COc1cc(C(=O)O)ccc1NC(=O)[C@@H]1NC(CC(C)(C)C)[C@@]2(CN([C@H](C)[C@H]3CC[C@H](C(=O)O)CC3)c3cc(Cl)ccc32)[C@H]1c1cccc(Cl)c1F. The molecule has 3 aliphatic rings. The van der Waals surface area contributed by atoms with Gasteiger partial charge in [-0.2, -0.15) is 0 Å². The third-order valence-corrected chi connectivity index (χ3v) is 12.0. The molecule has 278 valence electrons. The van der Waals surface area contributed by atoms with Gasteiger partial charge in [-0.3, -0.25) is 9.59 Å². The molecule has 0 aromatic heterocycles. The number of aliphatic carboxylic acids is 1. The Morgan fingerprint density at radius 3 is 2.40 bits per heavy atom. The molecule has 1 unspecified atom stereocenters. The Morgan fingerprint density at radius 1 is 1.06 bits per heavy atom. The third kappa shape index (κ3) is 6.97. The molecular weight excluding hydrogens is 708 g/mol. The number of benzene rings is 3. The number of hydrogen-bond acceptors (Lipinski definition) is 6. The number of fused-ring (bicyclic) bond motifs is 2. The normalized spacial score (nSPS) is 26.2. The maximum absolute atomic E-state index is 16.5. The van der Waals surface area contributed by atoms with Crippen LogP contribution >= 0.6 is 23.2 Å². The summed E-state index contributed by atoms with van der Waals surface area (Å²) in [5.74, 6) is -3.62. The molecule has 6 rings (SSSR count). The molecule has 1 aliphatic carbocycles. The van der Waals surface area contributed by atoms with Crippen LogP contribution in [0.25, 0.3) is 0 Å². The van der Waals surface area contributed by atoms with E-state index in [4.69, 9.17) is 27.9 Å². The van der Waals surface area contributed by atoms with Gasteiger partial charge in [-0.25, -0.2) is 9.18 Å². The van der Waals surface area contributed by atoms with Gasteiger partial charge in [-0.05, 0) is 97.9 Å². The lowest BCUT2D eigenvalue weighted by Gasteiger charge is -2.42. The van der Waals surface area contributed by atoms with Crippen LogP contribution in [-0.2, 0) is 15.0 Å². The highest BCUT2D eigenvalue weighted by atomic mass is 35.5. The maximum atomic E-state index is 16.5. The molecule has 1 saturated heterocycles. The lowest BCUT2D eigenvalue weighted by Crippen LogP contribution is -2.50. The van der Waals surface area contributed by atoms with Crippen LogP contribution in [0.1, 0.15) is 87.2 Å². The van der Waals surface area contributed by atoms with E-state index in [2.05, 4.69) is 43.2 Å². The van der Waals surface area contributed by atoms with E-state index in [-0.39, 0.29) is 51.4 Å². The zero-order chi connectivity index (χ0) is 37.7. The minimum Gasteiger partial charge on any atom is -0.495 e. The molecule has 1 saturated carbocycles. The van der Waals surface area contributed by atoms with Gasteiger partial charge in [0.25, 0.3) is 0 Å². The van der Waals surface area contributed by atoms with Crippen molar-refractivity contribution in [3.05, 3.63) is 87.2 Å². The second kappa shape index (κ2) is 14.5. The average Bonchev–Trinajstić information content (AvgIpc) is 3.59. The second-order valence-corrected chi connectivity index (χ2v) is 16.7. The Kier molecular flexibility index (Phi) is 10.6. The molecule has 4 N–H and O–H groups in total. The van der Waals surface area contributed by atoms with Crippen LogP contribution in [-0.4, -0.2) is 59.8 Å². The van der Waals surface area contributed by atoms with Crippen molar-refractivity contribution < 1.29 is 33.7 Å². The van der Waals surface area contributed by atoms with Crippen LogP contribution in [0.3, 0.4) is 0 Å². The Morgan fingerprint density at radius 2 is 1.77 bits per heavy atom. The number of carboxylic acids is 2. The van der Waals surface area contributed by atoms with E-state index in [1.54, 1.807) is 12.1 Å². The number of hydrogen-bond donors (Lipinski definition) is 4. The Hall–Kier alpha value is -3.86. The number of amides is 1. The summed E-state index contributed by atoms with van der Waals surface area (Å²) in [6, 6.07) is 13.7. The Labute approximate surface area is 313 Å². The largest absolute Gasteiger partial charge is 0.495 e. The Bertz CT molecular complexity index is 1880. The van der Waals surface area contributed by atoms with Crippen molar-refractivity contribution in [1.29, 1.82) is 0 Å². The summed E-state index contributed by atoms with van der Waals surface area (Å²) in [4.78, 5) is 40.4. The van der Waals surface area contributed by atoms with E-state index in [9.17, 15) is 24.6 Å². The predicted octanol–water partition coefficient (Wildman–Crippen LogP) is 8.38. The lowest BCUT2D eigenvalue weighted by atomic mass is 9.63. The van der Waals surface area contributed by atoms with E-state index in [1.165, 1.54) is 31.4 Å². The van der Waals surface area contributed by atoms with E-state index in [0.717, 1.165) is 24.1 Å². The molecule has 12 heteroatoms. The van der Waals surface area contributed by atoms with Crippen LogP contribution in [0.2, 0.25) is 10.0 Å². The topological polar surface area (TPSA) is 128 Å². The number of carboxylic acid groups (broad SMARTS) is 2. The summed E-state index contributed by atoms with van der Waals surface area (Å²) in [5.41, 5.74) is 1.41. The van der Waals surface area contributed by atoms with Crippen LogP contribution in [0.15, 0.2) is 54.6 Å². The van der Waals surface area contributed by atoms with Crippen LogP contribution in [0, 0.1) is 23.1 Å². The number of nitrogens with zero attached hydrogens (tertiary/aromatic N) is 1. The molecule has 2 fully saturated rings. The first-order valence-electron chi connectivity index (χ1n) is 17.8. The predicted molar refractivity (Wildman–Crippen MR) is 201 cm³/mol. The minimum atomic E-state index is -1.13. The number of rotatable bonds is 9. The van der Waals surface area contributed by atoms with Gasteiger partial charge in [0, 0.05) is 40.7 Å². The first-order chi connectivity index (χ1) is 24.5. The summed E-state index contributed by atoms with van der Waals surface area (Å²) in [6.07, 6.45) is 3.38. The highest BCUT2D eigenvalue weighted by molar-refractivity contribution is 6.31. The van der Waals surface area contributed by atoms with Crippen molar-refractivity contribution in [2.75, 3.05) is 23.9 Å². The van der Waals surface area contributed by atoms with Gasteiger partial charge in [-0.1, -0.05) is 62.2 Å². The van der Waals surface area contributed by atoms with E-state index >= 15 is 4.39 Å². The molecule has 3 aromatic carbocycles. The summed E-state index contributed by atoms with van der Waals surface area (Å²) in [6.45, 7) is 9.03. The summed E-state index contributed by atoms with van der Waals surface area (Å²) >= 11 is 13.2. The van der Waals surface area contributed by atoms with Gasteiger partial charge in [0.1, 0.15) is 11.6 Å².